The van der Waals surface area contributed by atoms with Crippen LogP contribution in [-0.2, 0) is 6.18 Å². The number of aromatic nitrogens is 2. The molecule has 1 fully saturated rings. The first-order valence-corrected chi connectivity index (χ1v) is 9.33. The SMILES string of the molecule is Cc1ccc2c(Nc3cccc(C(F)(F)F)c3)c(C(=O)N3CCCC3)cnc2n1. The van der Waals surface area contributed by atoms with Gasteiger partial charge in [0.25, 0.3) is 5.91 Å². The quantitative estimate of drug-likeness (QED) is 0.677. The van der Waals surface area contributed by atoms with Crippen LogP contribution in [0.25, 0.3) is 11.0 Å². The molecule has 1 amide bonds. The van der Waals surface area contributed by atoms with Crippen LogP contribution in [0, 0.1) is 6.92 Å². The first kappa shape index (κ1) is 19.2. The van der Waals surface area contributed by atoms with Crippen LogP contribution < -0.4 is 5.32 Å². The number of likely N-dealkylation sites (tertiary alicyclic amines) is 1. The van der Waals surface area contributed by atoms with Gasteiger partial charge in [0.2, 0.25) is 0 Å². The van der Waals surface area contributed by atoms with Crippen LogP contribution in [0.3, 0.4) is 0 Å². The number of carbonyl (C=O) groups is 1. The summed E-state index contributed by atoms with van der Waals surface area (Å²) in [6, 6.07) is 8.47. The van der Waals surface area contributed by atoms with E-state index in [4.69, 9.17) is 0 Å². The fourth-order valence-electron chi connectivity index (χ4n) is 3.48. The minimum absolute atomic E-state index is 0.188. The molecule has 0 spiro atoms. The molecule has 1 N–H and O–H groups in total. The van der Waals surface area contributed by atoms with Gasteiger partial charge in [-0.3, -0.25) is 4.79 Å². The van der Waals surface area contributed by atoms with Gasteiger partial charge in [-0.05, 0) is 50.1 Å². The summed E-state index contributed by atoms with van der Waals surface area (Å²) in [5, 5.41) is 3.61. The average molecular weight is 400 g/mol. The van der Waals surface area contributed by atoms with Gasteiger partial charge in [0.05, 0.1) is 16.8 Å². The summed E-state index contributed by atoms with van der Waals surface area (Å²) in [5.74, 6) is -0.188. The second-order valence-corrected chi connectivity index (χ2v) is 7.07. The van der Waals surface area contributed by atoms with Crippen molar-refractivity contribution >= 4 is 28.3 Å². The largest absolute Gasteiger partial charge is 0.416 e. The van der Waals surface area contributed by atoms with E-state index in [1.165, 1.54) is 18.3 Å². The van der Waals surface area contributed by atoms with Gasteiger partial charge < -0.3 is 10.2 Å². The van der Waals surface area contributed by atoms with Crippen molar-refractivity contribution in [1.82, 2.24) is 14.9 Å². The van der Waals surface area contributed by atoms with E-state index in [1.54, 1.807) is 17.0 Å². The Hall–Kier alpha value is -3.16. The topological polar surface area (TPSA) is 58.1 Å². The van der Waals surface area contributed by atoms with E-state index in [1.807, 2.05) is 6.92 Å². The van der Waals surface area contributed by atoms with Crippen LogP contribution in [0.4, 0.5) is 24.5 Å². The summed E-state index contributed by atoms with van der Waals surface area (Å²) in [7, 11) is 0. The van der Waals surface area contributed by atoms with Crippen molar-refractivity contribution in [3.05, 3.63) is 59.4 Å². The lowest BCUT2D eigenvalue weighted by Gasteiger charge is -2.20. The Balaban J connectivity index is 1.82. The van der Waals surface area contributed by atoms with Crippen LogP contribution in [0.2, 0.25) is 0 Å². The van der Waals surface area contributed by atoms with E-state index in [0.717, 1.165) is 30.7 Å². The number of carbonyl (C=O) groups excluding carboxylic acids is 1. The lowest BCUT2D eigenvalue weighted by molar-refractivity contribution is -0.137. The number of nitrogens with zero attached hydrogens (tertiary/aromatic N) is 3. The molecule has 4 rings (SSSR count). The molecule has 1 aliphatic heterocycles. The molecule has 0 saturated carbocycles. The Morgan fingerprint density at radius 2 is 1.90 bits per heavy atom. The van der Waals surface area contributed by atoms with Crippen molar-refractivity contribution in [3.8, 4) is 0 Å². The highest BCUT2D eigenvalue weighted by molar-refractivity contribution is 6.07. The lowest BCUT2D eigenvalue weighted by Crippen LogP contribution is -2.28. The molecule has 29 heavy (non-hydrogen) atoms. The van der Waals surface area contributed by atoms with Crippen LogP contribution in [0.1, 0.15) is 34.5 Å². The van der Waals surface area contributed by atoms with Crippen molar-refractivity contribution < 1.29 is 18.0 Å². The van der Waals surface area contributed by atoms with Gasteiger partial charge in [-0.25, -0.2) is 9.97 Å². The van der Waals surface area contributed by atoms with Gasteiger partial charge in [0.1, 0.15) is 0 Å². The van der Waals surface area contributed by atoms with Crippen molar-refractivity contribution in [1.29, 1.82) is 0 Å². The fourth-order valence-corrected chi connectivity index (χ4v) is 3.48. The second kappa shape index (κ2) is 7.35. The third-order valence-electron chi connectivity index (χ3n) is 4.95. The molecule has 1 saturated heterocycles. The average Bonchev–Trinajstić information content (AvgIpc) is 3.22. The Bertz CT molecular complexity index is 1080. The Labute approximate surface area is 165 Å². The van der Waals surface area contributed by atoms with Gasteiger partial charge in [0, 0.05) is 36.1 Å². The van der Waals surface area contributed by atoms with E-state index in [0.29, 0.717) is 35.4 Å². The van der Waals surface area contributed by atoms with E-state index >= 15 is 0 Å². The predicted octanol–water partition coefficient (Wildman–Crippen LogP) is 4.94. The molecule has 3 heterocycles. The first-order valence-electron chi connectivity index (χ1n) is 9.33. The van der Waals surface area contributed by atoms with Crippen molar-refractivity contribution in [3.63, 3.8) is 0 Å². The minimum atomic E-state index is -4.45. The van der Waals surface area contributed by atoms with Crippen molar-refractivity contribution in [2.45, 2.75) is 25.9 Å². The number of anilines is 2. The Morgan fingerprint density at radius 3 is 2.62 bits per heavy atom. The van der Waals surface area contributed by atoms with Crippen LogP contribution in [-0.4, -0.2) is 33.9 Å². The van der Waals surface area contributed by atoms with Gasteiger partial charge >= 0.3 is 6.18 Å². The van der Waals surface area contributed by atoms with Crippen LogP contribution >= 0.6 is 0 Å². The molecule has 150 valence electrons. The number of amides is 1. The number of pyridine rings is 2. The molecule has 1 aromatic carbocycles. The van der Waals surface area contributed by atoms with E-state index in [9.17, 15) is 18.0 Å². The number of alkyl halides is 3. The number of halogens is 3. The van der Waals surface area contributed by atoms with Gasteiger partial charge in [0.15, 0.2) is 5.65 Å². The summed E-state index contributed by atoms with van der Waals surface area (Å²) in [5.41, 5.74) is 1.40. The molecule has 0 atom stereocenters. The smallest absolute Gasteiger partial charge is 0.354 e. The van der Waals surface area contributed by atoms with Gasteiger partial charge in [-0.2, -0.15) is 13.2 Å². The van der Waals surface area contributed by atoms with E-state index in [2.05, 4.69) is 15.3 Å². The molecule has 2 aromatic heterocycles. The highest BCUT2D eigenvalue weighted by atomic mass is 19.4. The Morgan fingerprint density at radius 1 is 1.14 bits per heavy atom. The fraction of sp³-hybridized carbons (Fsp3) is 0.286. The third-order valence-corrected chi connectivity index (χ3v) is 4.95. The number of nitrogens with one attached hydrogen (secondary N) is 1. The number of fused-ring (bicyclic) bond motifs is 1. The number of hydrogen-bond donors (Lipinski definition) is 1. The maximum absolute atomic E-state index is 13.1. The molecule has 0 aliphatic carbocycles. The molecule has 0 unspecified atom stereocenters. The number of aryl methyl sites for hydroxylation is 1. The third kappa shape index (κ3) is 3.87. The molecular weight excluding hydrogens is 381 g/mol. The van der Waals surface area contributed by atoms with Gasteiger partial charge in [-0.1, -0.05) is 6.07 Å². The molecule has 5 nitrogen and oxygen atoms in total. The molecule has 1 aliphatic rings. The summed E-state index contributed by atoms with van der Waals surface area (Å²) < 4.78 is 39.3. The summed E-state index contributed by atoms with van der Waals surface area (Å²) in [6.45, 7) is 3.14. The molecular formula is C21H19F3N4O. The monoisotopic (exact) mass is 400 g/mol. The van der Waals surface area contributed by atoms with Crippen molar-refractivity contribution in [2.24, 2.45) is 0 Å². The zero-order valence-corrected chi connectivity index (χ0v) is 15.8. The van der Waals surface area contributed by atoms with E-state index in [-0.39, 0.29) is 11.6 Å². The Kier molecular flexibility index (Phi) is 4.86. The first-order chi connectivity index (χ1) is 13.8. The van der Waals surface area contributed by atoms with Crippen molar-refractivity contribution in [2.75, 3.05) is 18.4 Å². The number of hydrogen-bond acceptors (Lipinski definition) is 4. The lowest BCUT2D eigenvalue weighted by atomic mass is 10.1. The standard InChI is InChI=1S/C21H19F3N4O/c1-13-7-8-16-18(27-15-6-4-5-14(11-15)21(22,23)24)17(12-25-19(16)26-13)20(29)28-9-2-3-10-28/h4-8,11-12H,2-3,9-10H2,1H3,(H,25,26,27). The highest BCUT2D eigenvalue weighted by Crippen LogP contribution is 2.34. The minimum Gasteiger partial charge on any atom is -0.354 e. The zero-order chi connectivity index (χ0) is 20.6. The predicted molar refractivity (Wildman–Crippen MR) is 104 cm³/mol. The maximum Gasteiger partial charge on any atom is 0.416 e. The normalized spacial score (nSPS) is 14.4. The number of rotatable bonds is 3. The highest BCUT2D eigenvalue weighted by Gasteiger charge is 2.30. The summed E-state index contributed by atoms with van der Waals surface area (Å²) in [6.07, 6.45) is -1.13. The zero-order valence-electron chi connectivity index (χ0n) is 15.8. The number of benzene rings is 1. The summed E-state index contributed by atoms with van der Waals surface area (Å²) in [4.78, 5) is 23.5. The molecule has 3 aromatic rings. The van der Waals surface area contributed by atoms with E-state index < -0.39 is 11.7 Å². The van der Waals surface area contributed by atoms with Crippen LogP contribution in [0.15, 0.2) is 42.6 Å². The summed E-state index contributed by atoms with van der Waals surface area (Å²) >= 11 is 0. The molecule has 0 bridgehead atoms. The van der Waals surface area contributed by atoms with Gasteiger partial charge in [-0.15, -0.1) is 0 Å². The van der Waals surface area contributed by atoms with Crippen LogP contribution in [0.5, 0.6) is 0 Å². The maximum atomic E-state index is 13.1. The second-order valence-electron chi connectivity index (χ2n) is 7.07. The molecule has 0 radical (unpaired) electrons. The molecule has 8 heteroatoms.